The second kappa shape index (κ2) is 15.8. The van der Waals surface area contributed by atoms with Crippen molar-refractivity contribution in [1.82, 2.24) is 4.90 Å². The van der Waals surface area contributed by atoms with Crippen LogP contribution in [-0.4, -0.2) is 96.0 Å². The molecule has 248 valence electrons. The van der Waals surface area contributed by atoms with Crippen molar-refractivity contribution in [3.63, 3.8) is 0 Å². The molecule has 5 unspecified atom stereocenters. The Morgan fingerprint density at radius 3 is 2.56 bits per heavy atom. The first-order valence-electron chi connectivity index (χ1n) is 16.4. The van der Waals surface area contributed by atoms with Gasteiger partial charge in [0.1, 0.15) is 5.75 Å². The minimum Gasteiger partial charge on any atom is -0.497 e. The van der Waals surface area contributed by atoms with Gasteiger partial charge >= 0.3 is 0 Å². The smallest absolute Gasteiger partial charge is 0.193 e. The Bertz CT molecular complexity index is 1290. The average molecular weight is 624 g/mol. The third-order valence-corrected chi connectivity index (χ3v) is 10.3. The third kappa shape index (κ3) is 8.42. The fraction of sp³-hybridized carbons (Fsp3) is 0.595. The molecule has 5 rings (SSSR count). The number of aliphatic hydroxyl groups excluding tert-OH is 3. The summed E-state index contributed by atoms with van der Waals surface area (Å²) in [7, 11) is 3.25. The summed E-state index contributed by atoms with van der Waals surface area (Å²) in [6.07, 6.45) is 6.16. The highest BCUT2D eigenvalue weighted by Crippen LogP contribution is 2.58. The zero-order chi connectivity index (χ0) is 32.6. The lowest BCUT2D eigenvalue weighted by Gasteiger charge is -2.46. The maximum atomic E-state index is 14.2. The maximum absolute atomic E-state index is 14.2. The summed E-state index contributed by atoms with van der Waals surface area (Å²) < 4.78 is 10.6. The molecule has 2 aromatic rings. The zero-order valence-corrected chi connectivity index (χ0v) is 27.5. The molecule has 2 aromatic carbocycles. The number of allylic oxidation sites excluding steroid dienone is 2. The van der Waals surface area contributed by atoms with Gasteiger partial charge in [-0.25, -0.2) is 0 Å². The van der Waals surface area contributed by atoms with Crippen molar-refractivity contribution in [3.05, 3.63) is 76.4 Å². The summed E-state index contributed by atoms with van der Waals surface area (Å²) in [5, 5.41) is 43.5. The maximum Gasteiger partial charge on any atom is 0.193 e. The highest BCUT2D eigenvalue weighted by molar-refractivity contribution is 6.10. The Hall–Kier alpha value is -2.59. The number of fused-ring (bicyclic) bond motifs is 8. The standard InChI is InChI=1S/C37H53NO7/c1-26-7-5-17-36(2)34(16-18-37(36,43)25-38(19-6-20-44-3)23-30(41)24-39)32-15-9-27(21-29(40)12-8-26)22-33(32)35(42)28-10-13-31(45-4)14-11-28/h7,9-11,13-15,22,29-30,34,39-41,43H,5-6,8,12,16-21,23-25H2,1-4H3. The van der Waals surface area contributed by atoms with Gasteiger partial charge in [0, 0.05) is 49.9 Å². The number of rotatable bonds is 12. The van der Waals surface area contributed by atoms with E-state index in [4.69, 9.17) is 9.47 Å². The molecule has 8 heteroatoms. The average Bonchev–Trinajstić information content (AvgIpc) is 3.28. The monoisotopic (exact) mass is 623 g/mol. The van der Waals surface area contributed by atoms with Crippen molar-refractivity contribution in [3.8, 4) is 5.75 Å². The number of ether oxygens (including phenoxy) is 2. The van der Waals surface area contributed by atoms with Gasteiger partial charge < -0.3 is 29.9 Å². The quantitative estimate of drug-likeness (QED) is 0.153. The molecule has 3 aliphatic rings. The zero-order valence-electron chi connectivity index (χ0n) is 27.5. The number of benzene rings is 2. The summed E-state index contributed by atoms with van der Waals surface area (Å²) in [4.78, 5) is 16.3. The molecule has 8 nitrogen and oxygen atoms in total. The van der Waals surface area contributed by atoms with E-state index in [1.54, 1.807) is 38.5 Å². The van der Waals surface area contributed by atoms with E-state index in [0.717, 1.165) is 30.4 Å². The Balaban J connectivity index is 1.79. The number of nitrogens with zero attached hydrogens (tertiary/aromatic N) is 1. The van der Waals surface area contributed by atoms with Gasteiger partial charge in [0.05, 0.1) is 31.5 Å². The first-order chi connectivity index (χ1) is 21.5. The van der Waals surface area contributed by atoms with Crippen molar-refractivity contribution in [2.75, 3.05) is 47.1 Å². The van der Waals surface area contributed by atoms with Crippen molar-refractivity contribution < 1.29 is 34.7 Å². The molecule has 0 radical (unpaired) electrons. The van der Waals surface area contributed by atoms with Gasteiger partial charge in [-0.05, 0) is 106 Å². The molecule has 4 N–H and O–H groups in total. The second-order valence-electron chi connectivity index (χ2n) is 13.4. The van der Waals surface area contributed by atoms with Crippen LogP contribution < -0.4 is 4.74 Å². The lowest BCUT2D eigenvalue weighted by Crippen LogP contribution is -2.54. The highest BCUT2D eigenvalue weighted by Gasteiger charge is 2.57. The van der Waals surface area contributed by atoms with E-state index in [-0.39, 0.29) is 24.9 Å². The Morgan fingerprint density at radius 2 is 1.87 bits per heavy atom. The van der Waals surface area contributed by atoms with Crippen LogP contribution in [0.1, 0.15) is 91.8 Å². The molecule has 0 amide bonds. The summed E-state index contributed by atoms with van der Waals surface area (Å²) >= 11 is 0. The number of methoxy groups -OCH3 is 2. The van der Waals surface area contributed by atoms with E-state index in [2.05, 4.69) is 19.9 Å². The second-order valence-corrected chi connectivity index (χ2v) is 13.4. The molecule has 2 bridgehead atoms. The Kier molecular flexibility index (Phi) is 12.4. The predicted octanol–water partition coefficient (Wildman–Crippen LogP) is 4.66. The van der Waals surface area contributed by atoms with E-state index in [1.165, 1.54) is 5.57 Å². The van der Waals surface area contributed by atoms with Crippen LogP contribution in [0.3, 0.4) is 0 Å². The third-order valence-electron chi connectivity index (χ3n) is 10.3. The van der Waals surface area contributed by atoms with Crippen LogP contribution in [0.4, 0.5) is 0 Å². The van der Waals surface area contributed by atoms with Crippen LogP contribution in [0.25, 0.3) is 0 Å². The number of ketones is 1. The topological polar surface area (TPSA) is 120 Å². The summed E-state index contributed by atoms with van der Waals surface area (Å²) in [5.74, 6) is 0.493. The fourth-order valence-electron chi connectivity index (χ4n) is 7.49. The van der Waals surface area contributed by atoms with Gasteiger partial charge in [0.2, 0.25) is 0 Å². The van der Waals surface area contributed by atoms with Crippen molar-refractivity contribution in [2.24, 2.45) is 5.41 Å². The largest absolute Gasteiger partial charge is 0.497 e. The molecule has 0 aliphatic heterocycles. The minimum atomic E-state index is -1.10. The lowest BCUT2D eigenvalue weighted by atomic mass is 9.64. The summed E-state index contributed by atoms with van der Waals surface area (Å²) in [6.45, 7) is 5.69. The minimum absolute atomic E-state index is 0.0862. The van der Waals surface area contributed by atoms with Crippen LogP contribution >= 0.6 is 0 Å². The van der Waals surface area contributed by atoms with Crippen LogP contribution in [0.2, 0.25) is 0 Å². The number of hydrogen-bond donors (Lipinski definition) is 4. The molecule has 45 heavy (non-hydrogen) atoms. The molecule has 1 saturated carbocycles. The SMILES string of the molecule is COCCCN(CC(O)CO)CC1(O)CCC2c3ccc(cc3C(=O)c3ccc(OC)cc3)CC(O)CCC(C)=CCCC21C. The van der Waals surface area contributed by atoms with Crippen LogP contribution in [0.15, 0.2) is 54.1 Å². The number of carbonyl (C=O) groups is 1. The van der Waals surface area contributed by atoms with E-state index < -0.39 is 23.2 Å². The molecule has 0 saturated heterocycles. The molecule has 3 aliphatic carbocycles. The molecule has 0 aromatic heterocycles. The summed E-state index contributed by atoms with van der Waals surface area (Å²) in [6, 6.07) is 13.2. The number of hydrogen-bond acceptors (Lipinski definition) is 8. The molecule has 0 heterocycles. The first kappa shape index (κ1) is 35.3. The van der Waals surface area contributed by atoms with Gasteiger partial charge in [-0.2, -0.15) is 0 Å². The molecular formula is C37H53NO7. The van der Waals surface area contributed by atoms with E-state index in [0.29, 0.717) is 68.7 Å². The van der Waals surface area contributed by atoms with Gasteiger partial charge in [-0.3, -0.25) is 9.69 Å². The molecule has 0 spiro atoms. The first-order valence-corrected chi connectivity index (χ1v) is 16.4. The molecule has 1 fully saturated rings. The van der Waals surface area contributed by atoms with E-state index in [1.807, 2.05) is 23.1 Å². The molecule has 5 atom stereocenters. The normalized spacial score (nSPS) is 26.3. The van der Waals surface area contributed by atoms with Crippen molar-refractivity contribution >= 4 is 5.78 Å². The van der Waals surface area contributed by atoms with E-state index >= 15 is 0 Å². The fourth-order valence-corrected chi connectivity index (χ4v) is 7.49. The molecular weight excluding hydrogens is 570 g/mol. The number of carbonyl (C=O) groups excluding carboxylic acids is 1. The Morgan fingerprint density at radius 1 is 1.11 bits per heavy atom. The van der Waals surface area contributed by atoms with Crippen LogP contribution in [0, 0.1) is 5.41 Å². The van der Waals surface area contributed by atoms with Crippen LogP contribution in [-0.2, 0) is 11.2 Å². The van der Waals surface area contributed by atoms with Gasteiger partial charge in [0.25, 0.3) is 0 Å². The number of aliphatic hydroxyl groups is 4. The van der Waals surface area contributed by atoms with Crippen LogP contribution in [0.5, 0.6) is 5.75 Å². The van der Waals surface area contributed by atoms with E-state index in [9.17, 15) is 25.2 Å². The van der Waals surface area contributed by atoms with Crippen molar-refractivity contribution in [1.29, 1.82) is 0 Å². The Labute approximate surface area is 268 Å². The van der Waals surface area contributed by atoms with Gasteiger partial charge in [-0.1, -0.05) is 30.7 Å². The predicted molar refractivity (Wildman–Crippen MR) is 176 cm³/mol. The summed E-state index contributed by atoms with van der Waals surface area (Å²) in [5.41, 5.74) is 2.55. The van der Waals surface area contributed by atoms with Gasteiger partial charge in [0.15, 0.2) is 5.78 Å². The highest BCUT2D eigenvalue weighted by atomic mass is 16.5. The van der Waals surface area contributed by atoms with Gasteiger partial charge in [-0.15, -0.1) is 0 Å². The van der Waals surface area contributed by atoms with Crippen molar-refractivity contribution in [2.45, 2.75) is 88.9 Å². The lowest BCUT2D eigenvalue weighted by molar-refractivity contribution is -0.0898.